The minimum absolute atomic E-state index is 0.178. The van der Waals surface area contributed by atoms with Crippen LogP contribution in [0.5, 0.6) is 0 Å². The average Bonchev–Trinajstić information content (AvgIpc) is 3.04. The SMILES string of the molecule is CNC(=O)C(Cc1ccccc1)NC(=O)c1ccsc1C(F)(F)F. The van der Waals surface area contributed by atoms with Crippen molar-refractivity contribution in [1.82, 2.24) is 10.6 Å². The Morgan fingerprint density at radius 1 is 1.17 bits per heavy atom. The van der Waals surface area contributed by atoms with Gasteiger partial charge in [-0.15, -0.1) is 11.3 Å². The van der Waals surface area contributed by atoms with E-state index in [1.165, 1.54) is 12.4 Å². The van der Waals surface area contributed by atoms with Crippen LogP contribution < -0.4 is 10.6 Å². The molecular formula is C16H15F3N2O2S. The van der Waals surface area contributed by atoms with Crippen molar-refractivity contribution in [1.29, 1.82) is 0 Å². The van der Waals surface area contributed by atoms with Crippen molar-refractivity contribution in [2.75, 3.05) is 7.05 Å². The maximum Gasteiger partial charge on any atom is 0.426 e. The van der Waals surface area contributed by atoms with E-state index in [0.29, 0.717) is 11.3 Å². The van der Waals surface area contributed by atoms with E-state index in [9.17, 15) is 22.8 Å². The lowest BCUT2D eigenvalue weighted by atomic mass is 10.0. The quantitative estimate of drug-likeness (QED) is 0.866. The predicted molar refractivity (Wildman–Crippen MR) is 84.8 cm³/mol. The van der Waals surface area contributed by atoms with Crippen LogP contribution >= 0.6 is 11.3 Å². The first-order valence-corrected chi connectivity index (χ1v) is 7.92. The molecule has 1 aromatic heterocycles. The number of thiophene rings is 1. The first-order chi connectivity index (χ1) is 11.3. The number of amides is 2. The van der Waals surface area contributed by atoms with Crippen molar-refractivity contribution in [3.63, 3.8) is 0 Å². The number of hydrogen-bond acceptors (Lipinski definition) is 3. The molecule has 128 valence electrons. The van der Waals surface area contributed by atoms with Crippen LogP contribution in [0.25, 0.3) is 0 Å². The minimum Gasteiger partial charge on any atom is -0.357 e. The summed E-state index contributed by atoms with van der Waals surface area (Å²) in [6.07, 6.45) is -4.43. The number of nitrogens with one attached hydrogen (secondary N) is 2. The van der Waals surface area contributed by atoms with Gasteiger partial charge in [-0.05, 0) is 17.0 Å². The highest BCUT2D eigenvalue weighted by Gasteiger charge is 2.37. The Hall–Kier alpha value is -2.35. The highest BCUT2D eigenvalue weighted by atomic mass is 32.1. The standard InChI is InChI=1S/C16H15F3N2O2S/c1-20-15(23)12(9-10-5-3-2-4-6-10)21-14(22)11-7-8-24-13(11)16(17,18)19/h2-8,12H,9H2,1H3,(H,20,23)(H,21,22). The number of rotatable bonds is 5. The second kappa shape index (κ2) is 7.48. The fraction of sp³-hybridized carbons (Fsp3) is 0.250. The van der Waals surface area contributed by atoms with E-state index >= 15 is 0 Å². The Morgan fingerprint density at radius 2 is 1.83 bits per heavy atom. The molecule has 0 radical (unpaired) electrons. The molecule has 24 heavy (non-hydrogen) atoms. The number of carbonyl (C=O) groups is 2. The Balaban J connectivity index is 2.19. The van der Waals surface area contributed by atoms with Crippen molar-refractivity contribution in [2.24, 2.45) is 0 Å². The maximum atomic E-state index is 12.9. The van der Waals surface area contributed by atoms with Gasteiger partial charge in [-0.2, -0.15) is 13.2 Å². The summed E-state index contributed by atoms with van der Waals surface area (Å²) in [6.45, 7) is 0. The van der Waals surface area contributed by atoms with Gasteiger partial charge in [0.1, 0.15) is 10.9 Å². The molecular weight excluding hydrogens is 341 g/mol. The van der Waals surface area contributed by atoms with Crippen LogP contribution in [0.1, 0.15) is 20.8 Å². The lowest BCUT2D eigenvalue weighted by Gasteiger charge is -2.18. The average molecular weight is 356 g/mol. The van der Waals surface area contributed by atoms with Crippen LogP contribution in [0.2, 0.25) is 0 Å². The summed E-state index contributed by atoms with van der Waals surface area (Å²) in [5, 5.41) is 5.99. The van der Waals surface area contributed by atoms with Gasteiger partial charge in [0.25, 0.3) is 5.91 Å². The Bertz CT molecular complexity index is 714. The van der Waals surface area contributed by atoms with Gasteiger partial charge in [0.15, 0.2) is 0 Å². The van der Waals surface area contributed by atoms with Gasteiger partial charge >= 0.3 is 6.18 Å². The van der Waals surface area contributed by atoms with E-state index in [1.807, 2.05) is 0 Å². The third kappa shape index (κ3) is 4.35. The first kappa shape index (κ1) is 18.0. The van der Waals surface area contributed by atoms with E-state index in [4.69, 9.17) is 0 Å². The van der Waals surface area contributed by atoms with E-state index in [-0.39, 0.29) is 6.42 Å². The Labute approximate surface area is 140 Å². The van der Waals surface area contributed by atoms with Crippen molar-refractivity contribution < 1.29 is 22.8 Å². The van der Waals surface area contributed by atoms with E-state index in [0.717, 1.165) is 11.6 Å². The minimum atomic E-state index is -4.61. The highest BCUT2D eigenvalue weighted by Crippen LogP contribution is 2.35. The normalized spacial score (nSPS) is 12.5. The summed E-state index contributed by atoms with van der Waals surface area (Å²) in [5.74, 6) is -1.40. The van der Waals surface area contributed by atoms with Crippen molar-refractivity contribution in [2.45, 2.75) is 18.6 Å². The fourth-order valence-corrected chi connectivity index (χ4v) is 2.94. The van der Waals surface area contributed by atoms with Crippen LogP contribution in [0.15, 0.2) is 41.8 Å². The predicted octanol–water partition coefficient (Wildman–Crippen LogP) is 2.85. The molecule has 0 aliphatic rings. The van der Waals surface area contributed by atoms with Crippen molar-refractivity contribution >= 4 is 23.2 Å². The molecule has 0 aliphatic heterocycles. The largest absolute Gasteiger partial charge is 0.426 e. The van der Waals surface area contributed by atoms with Gasteiger partial charge in [-0.3, -0.25) is 9.59 Å². The summed E-state index contributed by atoms with van der Waals surface area (Å²) in [7, 11) is 1.40. The molecule has 0 bridgehead atoms. The third-order valence-electron chi connectivity index (χ3n) is 3.32. The third-order valence-corrected chi connectivity index (χ3v) is 4.28. The maximum absolute atomic E-state index is 12.9. The van der Waals surface area contributed by atoms with Gasteiger partial charge in [-0.1, -0.05) is 30.3 Å². The van der Waals surface area contributed by atoms with Gasteiger partial charge < -0.3 is 10.6 Å². The van der Waals surface area contributed by atoms with Gasteiger partial charge in [0.05, 0.1) is 5.56 Å². The molecule has 1 heterocycles. The molecule has 0 saturated heterocycles. The molecule has 0 saturated carbocycles. The summed E-state index contributed by atoms with van der Waals surface area (Å²) >= 11 is 0.444. The zero-order valence-corrected chi connectivity index (χ0v) is 13.5. The molecule has 2 aromatic rings. The zero-order valence-electron chi connectivity index (χ0n) is 12.7. The molecule has 2 rings (SSSR count). The zero-order chi connectivity index (χ0) is 17.7. The lowest BCUT2D eigenvalue weighted by molar-refractivity contribution is -0.134. The topological polar surface area (TPSA) is 58.2 Å². The van der Waals surface area contributed by atoms with Crippen molar-refractivity contribution in [3.8, 4) is 0 Å². The molecule has 0 aliphatic carbocycles. The van der Waals surface area contributed by atoms with Crippen LogP contribution in [-0.2, 0) is 17.4 Å². The summed E-state index contributed by atoms with van der Waals surface area (Å²) in [4.78, 5) is 23.2. The smallest absolute Gasteiger partial charge is 0.357 e. The van der Waals surface area contributed by atoms with Crippen LogP contribution in [0.4, 0.5) is 13.2 Å². The monoisotopic (exact) mass is 356 g/mol. The lowest BCUT2D eigenvalue weighted by Crippen LogP contribution is -2.47. The van der Waals surface area contributed by atoms with Crippen LogP contribution in [0.3, 0.4) is 0 Å². The molecule has 0 spiro atoms. The Kier molecular flexibility index (Phi) is 5.61. The molecule has 1 aromatic carbocycles. The molecule has 8 heteroatoms. The van der Waals surface area contributed by atoms with Crippen molar-refractivity contribution in [3.05, 3.63) is 57.8 Å². The summed E-state index contributed by atoms with van der Waals surface area (Å²) < 4.78 is 38.7. The number of alkyl halides is 3. The van der Waals surface area contributed by atoms with Crippen LogP contribution in [0, 0.1) is 0 Å². The van der Waals surface area contributed by atoms with Gasteiger partial charge in [-0.25, -0.2) is 0 Å². The number of likely N-dealkylation sites (N-methyl/N-ethyl adjacent to an activating group) is 1. The van der Waals surface area contributed by atoms with Crippen LogP contribution in [-0.4, -0.2) is 24.9 Å². The molecule has 2 N–H and O–H groups in total. The fourth-order valence-electron chi connectivity index (χ4n) is 2.18. The number of benzene rings is 1. The van der Waals surface area contributed by atoms with E-state index in [2.05, 4.69) is 10.6 Å². The van der Waals surface area contributed by atoms with E-state index < -0.39 is 34.5 Å². The number of halogens is 3. The summed E-state index contributed by atoms with van der Waals surface area (Å²) in [5.41, 5.74) is 0.308. The molecule has 2 amide bonds. The van der Waals surface area contributed by atoms with Gasteiger partial charge in [0.2, 0.25) is 5.91 Å². The molecule has 1 atom stereocenters. The molecule has 0 fully saturated rings. The highest BCUT2D eigenvalue weighted by molar-refractivity contribution is 7.10. The second-order valence-electron chi connectivity index (χ2n) is 4.99. The second-order valence-corrected chi connectivity index (χ2v) is 5.91. The number of hydrogen-bond donors (Lipinski definition) is 2. The van der Waals surface area contributed by atoms with E-state index in [1.54, 1.807) is 30.3 Å². The molecule has 1 unspecified atom stereocenters. The first-order valence-electron chi connectivity index (χ1n) is 7.04. The Morgan fingerprint density at radius 3 is 2.42 bits per heavy atom. The summed E-state index contributed by atoms with van der Waals surface area (Å²) in [6, 6.07) is 9.04. The molecule has 4 nitrogen and oxygen atoms in total. The van der Waals surface area contributed by atoms with Gasteiger partial charge in [0, 0.05) is 13.5 Å². The number of carbonyl (C=O) groups excluding carboxylic acids is 2.